The molecule has 1 aromatic carbocycles. The molecule has 0 aliphatic heterocycles. The van der Waals surface area contributed by atoms with E-state index in [0.29, 0.717) is 19.3 Å². The number of fused-ring (bicyclic) bond motifs is 1. The summed E-state index contributed by atoms with van der Waals surface area (Å²) in [5.41, 5.74) is 7.49. The molecule has 2 rings (SSSR count). The molecule has 7 heteroatoms. The Kier molecular flexibility index (Phi) is 7.12. The van der Waals surface area contributed by atoms with E-state index < -0.39 is 24.2 Å². The first kappa shape index (κ1) is 19.1. The maximum Gasteiger partial charge on any atom is 0.324 e. The molecule has 0 radical (unpaired) electrons. The first-order chi connectivity index (χ1) is 12.1. The van der Waals surface area contributed by atoms with Crippen LogP contribution in [0.1, 0.15) is 25.8 Å². The van der Waals surface area contributed by atoms with E-state index in [0.717, 1.165) is 22.9 Å². The van der Waals surface area contributed by atoms with Gasteiger partial charge in [0.25, 0.3) is 0 Å². The molecule has 0 spiro atoms. The summed E-state index contributed by atoms with van der Waals surface area (Å²) < 4.78 is 5.24. The van der Waals surface area contributed by atoms with Crippen molar-refractivity contribution < 1.29 is 19.4 Å². The van der Waals surface area contributed by atoms with Crippen molar-refractivity contribution >= 4 is 23.2 Å². The fourth-order valence-corrected chi connectivity index (χ4v) is 2.48. The lowest BCUT2D eigenvalue weighted by Gasteiger charge is -2.22. The molecule has 0 aliphatic carbocycles. The van der Waals surface area contributed by atoms with Crippen molar-refractivity contribution in [1.82, 2.24) is 15.8 Å². The van der Waals surface area contributed by atoms with Gasteiger partial charge >= 0.3 is 5.97 Å². The number of hydrogen-bond donors (Lipinski definition) is 4. The minimum Gasteiger partial charge on any atom is -0.464 e. The van der Waals surface area contributed by atoms with Crippen molar-refractivity contribution in [2.45, 2.75) is 44.9 Å². The Morgan fingerprint density at radius 3 is 2.80 bits per heavy atom. The number of hydrazine groups is 1. The molecule has 0 saturated heterocycles. The van der Waals surface area contributed by atoms with Crippen LogP contribution in [0.2, 0.25) is 0 Å². The highest BCUT2D eigenvalue weighted by atomic mass is 16.5. The average Bonchev–Trinajstić information content (AvgIpc) is 3.02. The summed E-state index contributed by atoms with van der Waals surface area (Å²) in [5, 5.41) is 10.6. The number of hydrogen-bond acceptors (Lipinski definition) is 6. The standard InChI is InChI=1S/C18H25N3O4/c1-3-8-25-18(24)16(20-21-17(11-22)12(2)23)9-13-10-19-15-7-5-4-6-14(13)15/h4-7,10-12,16-17,19-21,23H,3,8-9H2,1-2H3/t12-,16+,17-/m1/s1. The van der Waals surface area contributed by atoms with Crippen LogP contribution >= 0.6 is 0 Å². The van der Waals surface area contributed by atoms with Crippen LogP contribution in [0, 0.1) is 0 Å². The van der Waals surface area contributed by atoms with E-state index in [1.54, 1.807) is 0 Å². The molecular formula is C18H25N3O4. The van der Waals surface area contributed by atoms with Gasteiger partial charge in [-0.15, -0.1) is 0 Å². The fraction of sp³-hybridized carbons (Fsp3) is 0.444. The van der Waals surface area contributed by atoms with Crippen molar-refractivity contribution in [3.63, 3.8) is 0 Å². The van der Waals surface area contributed by atoms with Crippen molar-refractivity contribution in [3.8, 4) is 0 Å². The van der Waals surface area contributed by atoms with Gasteiger partial charge in [0.2, 0.25) is 0 Å². The molecule has 0 aliphatic rings. The summed E-state index contributed by atoms with van der Waals surface area (Å²) in [6, 6.07) is 6.31. The summed E-state index contributed by atoms with van der Waals surface area (Å²) in [4.78, 5) is 26.5. The Morgan fingerprint density at radius 1 is 1.36 bits per heavy atom. The van der Waals surface area contributed by atoms with Crippen LogP contribution in [0.5, 0.6) is 0 Å². The number of ether oxygens (including phenoxy) is 1. The number of aliphatic hydroxyl groups excluding tert-OH is 1. The highest BCUT2D eigenvalue weighted by Gasteiger charge is 2.24. The number of carbonyl (C=O) groups excluding carboxylic acids is 2. The fourth-order valence-electron chi connectivity index (χ4n) is 2.48. The molecule has 0 saturated carbocycles. The highest BCUT2D eigenvalue weighted by Crippen LogP contribution is 2.19. The molecule has 0 fully saturated rings. The van der Waals surface area contributed by atoms with Gasteiger partial charge in [-0.1, -0.05) is 25.1 Å². The van der Waals surface area contributed by atoms with Crippen LogP contribution in [-0.2, 0) is 20.7 Å². The largest absolute Gasteiger partial charge is 0.464 e. The van der Waals surface area contributed by atoms with Gasteiger partial charge in [0.15, 0.2) is 0 Å². The van der Waals surface area contributed by atoms with Crippen LogP contribution in [0.3, 0.4) is 0 Å². The van der Waals surface area contributed by atoms with Crippen molar-refractivity contribution in [3.05, 3.63) is 36.0 Å². The Labute approximate surface area is 146 Å². The van der Waals surface area contributed by atoms with Gasteiger partial charge < -0.3 is 19.6 Å². The number of H-pyrrole nitrogens is 1. The van der Waals surface area contributed by atoms with Gasteiger partial charge in [-0.2, -0.15) is 0 Å². The molecule has 4 N–H and O–H groups in total. The van der Waals surface area contributed by atoms with Crippen molar-refractivity contribution in [1.29, 1.82) is 0 Å². The van der Waals surface area contributed by atoms with E-state index in [-0.39, 0.29) is 0 Å². The second kappa shape index (κ2) is 9.31. The van der Waals surface area contributed by atoms with Crippen LogP contribution in [0.15, 0.2) is 30.5 Å². The topological polar surface area (TPSA) is 103 Å². The van der Waals surface area contributed by atoms with Crippen molar-refractivity contribution in [2.75, 3.05) is 6.61 Å². The lowest BCUT2D eigenvalue weighted by Crippen LogP contribution is -2.54. The lowest BCUT2D eigenvalue weighted by atomic mass is 10.1. The van der Waals surface area contributed by atoms with E-state index in [1.165, 1.54) is 6.92 Å². The second-order valence-electron chi connectivity index (χ2n) is 5.97. The van der Waals surface area contributed by atoms with Gasteiger partial charge in [-0.05, 0) is 25.0 Å². The molecule has 0 bridgehead atoms. The Hall–Kier alpha value is -2.22. The average molecular weight is 347 g/mol. The SMILES string of the molecule is CCCOC(=O)[C@H](Cc1c[nH]c2ccccc12)NN[C@H](C=O)[C@@H](C)O. The molecule has 7 nitrogen and oxygen atoms in total. The number of rotatable bonds is 10. The summed E-state index contributed by atoms with van der Waals surface area (Å²) in [5.74, 6) is -0.408. The number of nitrogens with one attached hydrogen (secondary N) is 3. The maximum absolute atomic E-state index is 12.3. The summed E-state index contributed by atoms with van der Waals surface area (Å²) in [6.45, 7) is 3.75. The van der Waals surface area contributed by atoms with E-state index in [1.807, 2.05) is 37.4 Å². The van der Waals surface area contributed by atoms with E-state index in [4.69, 9.17) is 4.74 Å². The van der Waals surface area contributed by atoms with Gasteiger partial charge in [0.1, 0.15) is 18.4 Å². The van der Waals surface area contributed by atoms with E-state index in [2.05, 4.69) is 15.8 Å². The van der Waals surface area contributed by atoms with Gasteiger partial charge in [-0.3, -0.25) is 4.79 Å². The number of para-hydroxylation sites is 1. The van der Waals surface area contributed by atoms with Crippen LogP contribution in [0.4, 0.5) is 0 Å². The Morgan fingerprint density at radius 2 is 2.12 bits per heavy atom. The zero-order valence-electron chi connectivity index (χ0n) is 14.5. The third-order valence-electron chi connectivity index (χ3n) is 3.92. The summed E-state index contributed by atoms with van der Waals surface area (Å²) in [7, 11) is 0. The maximum atomic E-state index is 12.3. The second-order valence-corrected chi connectivity index (χ2v) is 5.97. The minimum absolute atomic E-state index is 0.332. The molecular weight excluding hydrogens is 322 g/mol. The molecule has 3 atom stereocenters. The quantitative estimate of drug-likeness (QED) is 0.291. The van der Waals surface area contributed by atoms with E-state index in [9.17, 15) is 14.7 Å². The number of aromatic nitrogens is 1. The highest BCUT2D eigenvalue weighted by molar-refractivity contribution is 5.84. The predicted octanol–water partition coefficient (Wildman–Crippen LogP) is 1.07. The first-order valence-corrected chi connectivity index (χ1v) is 8.42. The third-order valence-corrected chi connectivity index (χ3v) is 3.92. The number of carbonyl (C=O) groups is 2. The number of aromatic amines is 1. The molecule has 2 aromatic rings. The lowest BCUT2D eigenvalue weighted by molar-refractivity contribution is -0.146. The Bertz CT molecular complexity index is 698. The van der Waals surface area contributed by atoms with Crippen LogP contribution < -0.4 is 10.9 Å². The first-order valence-electron chi connectivity index (χ1n) is 8.42. The number of benzene rings is 1. The zero-order valence-corrected chi connectivity index (χ0v) is 14.5. The zero-order chi connectivity index (χ0) is 18.2. The van der Waals surface area contributed by atoms with Crippen LogP contribution in [0.25, 0.3) is 10.9 Å². The van der Waals surface area contributed by atoms with Gasteiger partial charge in [0, 0.05) is 23.5 Å². The van der Waals surface area contributed by atoms with E-state index >= 15 is 0 Å². The Balaban J connectivity index is 2.13. The smallest absolute Gasteiger partial charge is 0.324 e. The summed E-state index contributed by atoms with van der Waals surface area (Å²) >= 11 is 0. The van der Waals surface area contributed by atoms with Gasteiger partial charge in [-0.25, -0.2) is 10.9 Å². The normalized spacial score (nSPS) is 14.8. The van der Waals surface area contributed by atoms with Crippen LogP contribution in [-0.4, -0.2) is 47.1 Å². The third kappa shape index (κ3) is 5.12. The van der Waals surface area contributed by atoms with Crippen molar-refractivity contribution in [2.24, 2.45) is 0 Å². The predicted molar refractivity (Wildman–Crippen MR) is 94.8 cm³/mol. The molecule has 0 unspecified atom stereocenters. The number of esters is 1. The molecule has 1 heterocycles. The summed E-state index contributed by atoms with van der Waals surface area (Å²) in [6.07, 6.45) is 2.68. The molecule has 0 amide bonds. The monoisotopic (exact) mass is 347 g/mol. The molecule has 1 aromatic heterocycles. The molecule has 25 heavy (non-hydrogen) atoms. The van der Waals surface area contributed by atoms with Gasteiger partial charge in [0.05, 0.1) is 12.7 Å². The molecule has 136 valence electrons. The number of aliphatic hydroxyl groups is 1. The minimum atomic E-state index is -0.884. The number of aldehydes is 1.